The number of hydrazone groups is 1. The van der Waals surface area contributed by atoms with Crippen molar-refractivity contribution in [1.82, 2.24) is 5.43 Å². The minimum absolute atomic E-state index is 0.0871. The average molecular weight is 336 g/mol. The Kier molecular flexibility index (Phi) is 5.39. The molecule has 3 rings (SSSR count). The molecule has 1 aliphatic carbocycles. The third-order valence-electron chi connectivity index (χ3n) is 4.57. The van der Waals surface area contributed by atoms with Crippen LogP contribution in [-0.2, 0) is 4.79 Å². The smallest absolute Gasteiger partial charge is 0.244 e. The number of halogens is 1. The van der Waals surface area contributed by atoms with Crippen LogP contribution in [0.2, 0.25) is 0 Å². The lowest BCUT2D eigenvalue weighted by atomic mass is 9.75. The zero-order valence-electron chi connectivity index (χ0n) is 14.2. The molecule has 2 unspecified atom stereocenters. The zero-order valence-corrected chi connectivity index (χ0v) is 14.2. The van der Waals surface area contributed by atoms with Crippen LogP contribution in [0.15, 0.2) is 71.3 Å². The van der Waals surface area contributed by atoms with E-state index in [1.807, 2.05) is 18.2 Å². The third kappa shape index (κ3) is 4.41. The molecule has 4 heteroatoms. The summed E-state index contributed by atoms with van der Waals surface area (Å²) in [6.45, 7) is 2.11. The van der Waals surface area contributed by atoms with Crippen molar-refractivity contribution in [2.24, 2.45) is 11.0 Å². The topological polar surface area (TPSA) is 41.5 Å². The summed E-state index contributed by atoms with van der Waals surface area (Å²) in [7, 11) is 0. The van der Waals surface area contributed by atoms with E-state index in [1.165, 1.54) is 29.5 Å². The van der Waals surface area contributed by atoms with Crippen molar-refractivity contribution in [2.45, 2.75) is 25.7 Å². The Morgan fingerprint density at radius 3 is 2.60 bits per heavy atom. The Hall–Kier alpha value is -2.75. The molecule has 0 aliphatic heterocycles. The number of nitrogens with zero attached hydrogens (tertiary/aromatic N) is 1. The number of nitrogens with one attached hydrogen (secondary N) is 1. The van der Waals surface area contributed by atoms with E-state index >= 15 is 0 Å². The van der Waals surface area contributed by atoms with E-state index in [-0.39, 0.29) is 23.6 Å². The van der Waals surface area contributed by atoms with Gasteiger partial charge in [-0.3, -0.25) is 4.79 Å². The second-order valence-corrected chi connectivity index (χ2v) is 6.40. The summed E-state index contributed by atoms with van der Waals surface area (Å²) in [6.07, 6.45) is 5.25. The van der Waals surface area contributed by atoms with Gasteiger partial charge in [-0.15, -0.1) is 0 Å². The predicted octanol–water partition coefficient (Wildman–Crippen LogP) is 4.42. The Morgan fingerprint density at radius 2 is 1.88 bits per heavy atom. The molecule has 0 radical (unpaired) electrons. The van der Waals surface area contributed by atoms with E-state index in [0.29, 0.717) is 6.42 Å². The highest BCUT2D eigenvalue weighted by atomic mass is 19.1. The van der Waals surface area contributed by atoms with Gasteiger partial charge in [-0.05, 0) is 48.9 Å². The molecule has 1 amide bonds. The molecule has 128 valence electrons. The van der Waals surface area contributed by atoms with E-state index in [4.69, 9.17) is 0 Å². The van der Waals surface area contributed by atoms with Gasteiger partial charge in [-0.2, -0.15) is 5.10 Å². The molecule has 1 N–H and O–H groups in total. The summed E-state index contributed by atoms with van der Waals surface area (Å²) in [5.74, 6) is -0.365. The summed E-state index contributed by atoms with van der Waals surface area (Å²) in [5.41, 5.74) is 5.87. The monoisotopic (exact) mass is 336 g/mol. The number of carbonyl (C=O) groups is 1. The molecule has 0 saturated heterocycles. The molecule has 0 heterocycles. The number of hydrogen-bond acceptors (Lipinski definition) is 2. The van der Waals surface area contributed by atoms with Gasteiger partial charge in [-0.25, -0.2) is 9.82 Å². The molecule has 0 aromatic heterocycles. The molecule has 0 spiro atoms. The minimum Gasteiger partial charge on any atom is -0.273 e. The number of rotatable bonds is 4. The van der Waals surface area contributed by atoms with Crippen molar-refractivity contribution >= 4 is 12.1 Å². The molecule has 0 bridgehead atoms. The Labute approximate surface area is 147 Å². The molecule has 3 nitrogen and oxygen atoms in total. The standard InChI is InChI=1S/C21H21FN2O/c1-15-7-12-19(20(13-15)17-5-3-2-4-6-17)21(25)24-23-14-16-8-10-18(22)11-9-16/h2-11,14,19-20H,12-13H2,1H3,(H,24,25). The maximum Gasteiger partial charge on any atom is 0.244 e. The molecule has 1 aliphatic rings. The van der Waals surface area contributed by atoms with Gasteiger partial charge >= 0.3 is 0 Å². The van der Waals surface area contributed by atoms with Gasteiger partial charge in [0.15, 0.2) is 0 Å². The van der Waals surface area contributed by atoms with Crippen molar-refractivity contribution in [2.75, 3.05) is 0 Å². The van der Waals surface area contributed by atoms with Crippen molar-refractivity contribution in [3.8, 4) is 0 Å². The van der Waals surface area contributed by atoms with Crippen LogP contribution in [0.4, 0.5) is 4.39 Å². The first-order valence-corrected chi connectivity index (χ1v) is 8.42. The fourth-order valence-corrected chi connectivity index (χ4v) is 3.21. The van der Waals surface area contributed by atoms with E-state index in [1.54, 1.807) is 12.1 Å². The van der Waals surface area contributed by atoms with Crippen LogP contribution >= 0.6 is 0 Å². The van der Waals surface area contributed by atoms with E-state index in [9.17, 15) is 9.18 Å². The number of hydrogen-bond donors (Lipinski definition) is 1. The lowest BCUT2D eigenvalue weighted by molar-refractivity contribution is -0.125. The van der Waals surface area contributed by atoms with Gasteiger partial charge in [0.25, 0.3) is 0 Å². The number of carbonyl (C=O) groups excluding carboxylic acids is 1. The molecular weight excluding hydrogens is 315 g/mol. The van der Waals surface area contributed by atoms with E-state index in [0.717, 1.165) is 12.0 Å². The molecule has 2 atom stereocenters. The maximum absolute atomic E-state index is 12.9. The molecular formula is C21H21FN2O. The summed E-state index contributed by atoms with van der Waals surface area (Å²) in [4.78, 5) is 12.6. The van der Waals surface area contributed by atoms with Gasteiger partial charge in [0.1, 0.15) is 5.82 Å². The van der Waals surface area contributed by atoms with Crippen LogP contribution in [0.25, 0.3) is 0 Å². The fourth-order valence-electron chi connectivity index (χ4n) is 3.21. The van der Waals surface area contributed by atoms with Crippen molar-refractivity contribution in [3.05, 3.63) is 83.2 Å². The fraction of sp³-hybridized carbons (Fsp3) is 0.238. The Morgan fingerprint density at radius 1 is 1.16 bits per heavy atom. The van der Waals surface area contributed by atoms with Gasteiger partial charge in [0.05, 0.1) is 12.1 Å². The summed E-state index contributed by atoms with van der Waals surface area (Å²) >= 11 is 0. The van der Waals surface area contributed by atoms with E-state index in [2.05, 4.69) is 35.7 Å². The summed E-state index contributed by atoms with van der Waals surface area (Å²) in [6, 6.07) is 16.1. The lowest BCUT2D eigenvalue weighted by Gasteiger charge is -2.29. The summed E-state index contributed by atoms with van der Waals surface area (Å²) < 4.78 is 12.9. The summed E-state index contributed by atoms with van der Waals surface area (Å²) in [5, 5.41) is 4.03. The van der Waals surface area contributed by atoms with Gasteiger partial charge < -0.3 is 0 Å². The second-order valence-electron chi connectivity index (χ2n) is 6.40. The van der Waals surface area contributed by atoms with Crippen LogP contribution < -0.4 is 5.43 Å². The molecule has 25 heavy (non-hydrogen) atoms. The van der Waals surface area contributed by atoms with Gasteiger partial charge in [0.2, 0.25) is 5.91 Å². The highest BCUT2D eigenvalue weighted by Gasteiger charge is 2.31. The lowest BCUT2D eigenvalue weighted by Crippen LogP contribution is -2.32. The molecule has 2 aromatic rings. The Balaban J connectivity index is 1.69. The largest absolute Gasteiger partial charge is 0.273 e. The highest BCUT2D eigenvalue weighted by Crippen LogP contribution is 2.37. The molecule has 2 aromatic carbocycles. The first-order valence-electron chi connectivity index (χ1n) is 8.42. The van der Waals surface area contributed by atoms with Crippen molar-refractivity contribution < 1.29 is 9.18 Å². The number of benzene rings is 2. The number of allylic oxidation sites excluding steroid dienone is 2. The van der Waals surface area contributed by atoms with E-state index < -0.39 is 0 Å². The van der Waals surface area contributed by atoms with Crippen molar-refractivity contribution in [1.29, 1.82) is 0 Å². The Bertz CT molecular complexity index is 781. The average Bonchev–Trinajstić information content (AvgIpc) is 2.64. The van der Waals surface area contributed by atoms with Crippen molar-refractivity contribution in [3.63, 3.8) is 0 Å². The van der Waals surface area contributed by atoms with Crippen LogP contribution in [0, 0.1) is 11.7 Å². The maximum atomic E-state index is 12.9. The quantitative estimate of drug-likeness (QED) is 0.501. The van der Waals surface area contributed by atoms with Crippen LogP contribution in [-0.4, -0.2) is 12.1 Å². The van der Waals surface area contributed by atoms with Crippen LogP contribution in [0.5, 0.6) is 0 Å². The third-order valence-corrected chi connectivity index (χ3v) is 4.57. The SMILES string of the molecule is CC1=CCC(C(=O)NN=Cc2ccc(F)cc2)C(c2ccccc2)C1. The predicted molar refractivity (Wildman–Crippen MR) is 97.8 cm³/mol. The minimum atomic E-state index is -0.295. The zero-order chi connectivity index (χ0) is 17.6. The van der Waals surface area contributed by atoms with Crippen LogP contribution in [0.1, 0.15) is 36.8 Å². The van der Waals surface area contributed by atoms with Crippen LogP contribution in [0.3, 0.4) is 0 Å². The highest BCUT2D eigenvalue weighted by molar-refractivity contribution is 5.84. The van der Waals surface area contributed by atoms with Gasteiger partial charge in [-0.1, -0.05) is 54.1 Å². The first-order chi connectivity index (χ1) is 12.1. The molecule has 0 fully saturated rings. The number of amides is 1. The van der Waals surface area contributed by atoms with Gasteiger partial charge in [0, 0.05) is 0 Å². The second kappa shape index (κ2) is 7.88. The normalized spacial score (nSPS) is 20.3. The first kappa shape index (κ1) is 17.1. The molecule has 0 saturated carbocycles.